The van der Waals surface area contributed by atoms with Crippen LogP contribution in [0.3, 0.4) is 0 Å². The first-order valence-corrected chi connectivity index (χ1v) is 8.84. The molecule has 0 fully saturated rings. The molecule has 0 atom stereocenters. The minimum absolute atomic E-state index is 0.250. The Labute approximate surface area is 152 Å². The Hall–Kier alpha value is -1.59. The summed E-state index contributed by atoms with van der Waals surface area (Å²) in [6.07, 6.45) is 0. The molecule has 0 bridgehead atoms. The van der Waals surface area contributed by atoms with Crippen LogP contribution in [0.25, 0.3) is 0 Å². The van der Waals surface area contributed by atoms with Gasteiger partial charge in [-0.05, 0) is 48.2 Å². The highest BCUT2D eigenvalue weighted by Gasteiger charge is 2.14. The molecule has 2 rings (SSSR count). The van der Waals surface area contributed by atoms with E-state index in [0.717, 1.165) is 21.9 Å². The normalized spacial score (nSPS) is 10.9. The van der Waals surface area contributed by atoms with Gasteiger partial charge in [-0.1, -0.05) is 25.4 Å². The van der Waals surface area contributed by atoms with E-state index in [1.807, 2.05) is 19.1 Å². The fourth-order valence-electron chi connectivity index (χ4n) is 2.23. The minimum atomic E-state index is -0.250. The number of furan rings is 1. The zero-order valence-corrected chi connectivity index (χ0v) is 15.7. The molecule has 130 valence electrons. The first-order chi connectivity index (χ1) is 11.4. The first-order valence-electron chi connectivity index (χ1n) is 7.83. The third-order valence-electron chi connectivity index (χ3n) is 3.57. The van der Waals surface area contributed by atoms with Gasteiger partial charge >= 0.3 is 0 Å². The van der Waals surface area contributed by atoms with Crippen LogP contribution in [0.5, 0.6) is 5.75 Å². The number of ether oxygens (including phenoxy) is 1. The molecule has 0 saturated heterocycles. The minimum Gasteiger partial charge on any atom is -0.485 e. The number of aryl methyl sites for hydroxylation is 1. The molecule has 1 aromatic carbocycles. The number of hydrogen-bond donors (Lipinski definition) is 2. The third-order valence-corrected chi connectivity index (χ3v) is 4.20. The van der Waals surface area contributed by atoms with Crippen LogP contribution >= 0.6 is 24.2 Å². The summed E-state index contributed by atoms with van der Waals surface area (Å²) in [4.78, 5) is 11.8. The molecule has 1 N–H and O–H groups in total. The van der Waals surface area contributed by atoms with E-state index in [-0.39, 0.29) is 24.2 Å². The second-order valence-electron chi connectivity index (χ2n) is 5.83. The third kappa shape index (κ3) is 4.71. The van der Waals surface area contributed by atoms with Gasteiger partial charge in [0.15, 0.2) is 5.76 Å². The second kappa shape index (κ2) is 8.49. The zero-order chi connectivity index (χ0) is 17.7. The largest absolute Gasteiger partial charge is 0.485 e. The van der Waals surface area contributed by atoms with E-state index in [4.69, 9.17) is 20.8 Å². The molecule has 0 spiro atoms. The molecule has 24 heavy (non-hydrogen) atoms. The summed E-state index contributed by atoms with van der Waals surface area (Å²) >= 11 is 10.3. The van der Waals surface area contributed by atoms with Crippen molar-refractivity contribution >= 4 is 30.1 Å². The van der Waals surface area contributed by atoms with Crippen molar-refractivity contribution in [3.05, 3.63) is 51.9 Å². The van der Waals surface area contributed by atoms with Crippen LogP contribution in [0, 0.1) is 6.92 Å². The maximum atomic E-state index is 11.8. The fourth-order valence-corrected chi connectivity index (χ4v) is 2.51. The van der Waals surface area contributed by atoms with E-state index in [2.05, 4.69) is 31.8 Å². The summed E-state index contributed by atoms with van der Waals surface area (Å²) in [6, 6.07) is 7.26. The molecule has 0 unspecified atom stereocenters. The lowest BCUT2D eigenvalue weighted by Gasteiger charge is -2.15. The average Bonchev–Trinajstić information content (AvgIpc) is 3.02. The standard InChI is InChI=1S/C18H22ClNO3S/c1-11(2)14-9-15(19)12(3)8-17(14)22-10-13-4-5-16(23-13)18(21)20-6-7-24/h4-5,8-9,11,24H,6-7,10H2,1-3H3,(H,20,21). The van der Waals surface area contributed by atoms with Crippen molar-refractivity contribution in [2.45, 2.75) is 33.3 Å². The number of carbonyl (C=O) groups excluding carboxylic acids is 1. The highest BCUT2D eigenvalue weighted by atomic mass is 35.5. The van der Waals surface area contributed by atoms with Crippen molar-refractivity contribution in [2.75, 3.05) is 12.3 Å². The molecule has 4 nitrogen and oxygen atoms in total. The van der Waals surface area contributed by atoms with Crippen molar-refractivity contribution < 1.29 is 13.9 Å². The number of amides is 1. The number of carbonyl (C=O) groups is 1. The smallest absolute Gasteiger partial charge is 0.287 e. The first kappa shape index (κ1) is 18.7. The molecule has 0 saturated carbocycles. The van der Waals surface area contributed by atoms with E-state index in [1.54, 1.807) is 12.1 Å². The lowest BCUT2D eigenvalue weighted by molar-refractivity contribution is 0.0924. The van der Waals surface area contributed by atoms with Gasteiger partial charge in [0.2, 0.25) is 0 Å². The van der Waals surface area contributed by atoms with Crippen LogP contribution < -0.4 is 10.1 Å². The van der Waals surface area contributed by atoms with Crippen molar-refractivity contribution in [1.29, 1.82) is 0 Å². The van der Waals surface area contributed by atoms with Gasteiger partial charge in [0.05, 0.1) is 0 Å². The zero-order valence-electron chi connectivity index (χ0n) is 14.1. The van der Waals surface area contributed by atoms with E-state index < -0.39 is 0 Å². The maximum absolute atomic E-state index is 11.8. The Kier molecular flexibility index (Phi) is 6.63. The highest BCUT2D eigenvalue weighted by Crippen LogP contribution is 2.32. The highest BCUT2D eigenvalue weighted by molar-refractivity contribution is 7.80. The van der Waals surface area contributed by atoms with Crippen LogP contribution in [0.2, 0.25) is 5.02 Å². The average molecular weight is 368 g/mol. The summed E-state index contributed by atoms with van der Waals surface area (Å²) < 4.78 is 11.4. The predicted octanol–water partition coefficient (Wildman–Crippen LogP) is 4.60. The molecule has 1 aromatic heterocycles. The van der Waals surface area contributed by atoms with E-state index >= 15 is 0 Å². The van der Waals surface area contributed by atoms with Gasteiger partial charge in [0.1, 0.15) is 18.1 Å². The van der Waals surface area contributed by atoms with Gasteiger partial charge in [-0.25, -0.2) is 0 Å². The van der Waals surface area contributed by atoms with Gasteiger partial charge < -0.3 is 14.5 Å². The Morgan fingerprint density at radius 1 is 1.38 bits per heavy atom. The molecule has 0 aliphatic carbocycles. The molecule has 6 heteroatoms. The Balaban J connectivity index is 2.07. The second-order valence-corrected chi connectivity index (χ2v) is 6.68. The van der Waals surface area contributed by atoms with Crippen LogP contribution in [0.15, 0.2) is 28.7 Å². The summed E-state index contributed by atoms with van der Waals surface area (Å²) in [6.45, 7) is 6.86. The van der Waals surface area contributed by atoms with Gasteiger partial charge in [-0.3, -0.25) is 4.79 Å². The molecule has 0 aliphatic rings. The molecular weight excluding hydrogens is 346 g/mol. The quantitative estimate of drug-likeness (QED) is 0.703. The van der Waals surface area contributed by atoms with E-state index in [9.17, 15) is 4.79 Å². The summed E-state index contributed by atoms with van der Waals surface area (Å²) in [5, 5.41) is 3.44. The van der Waals surface area contributed by atoms with Gasteiger partial charge in [0.25, 0.3) is 5.91 Å². The molecule has 1 amide bonds. The Morgan fingerprint density at radius 3 is 2.79 bits per heavy atom. The van der Waals surface area contributed by atoms with Crippen LogP contribution in [0.4, 0.5) is 0 Å². The van der Waals surface area contributed by atoms with Crippen LogP contribution in [-0.4, -0.2) is 18.2 Å². The Bertz CT molecular complexity index is 712. The van der Waals surface area contributed by atoms with Gasteiger partial charge in [0, 0.05) is 17.3 Å². The summed E-state index contributed by atoms with van der Waals surface area (Å²) in [5.41, 5.74) is 2.01. The van der Waals surface area contributed by atoms with Crippen LogP contribution in [-0.2, 0) is 6.61 Å². The number of nitrogens with one attached hydrogen (secondary N) is 1. The number of thiol groups is 1. The monoisotopic (exact) mass is 367 g/mol. The van der Waals surface area contributed by atoms with Crippen LogP contribution in [0.1, 0.15) is 47.2 Å². The number of hydrogen-bond acceptors (Lipinski definition) is 4. The molecule has 2 aromatic rings. The van der Waals surface area contributed by atoms with Crippen molar-refractivity contribution in [3.63, 3.8) is 0 Å². The summed E-state index contributed by atoms with van der Waals surface area (Å²) in [5.74, 6) is 2.26. The fraction of sp³-hybridized carbons (Fsp3) is 0.389. The van der Waals surface area contributed by atoms with Gasteiger partial charge in [-0.2, -0.15) is 12.6 Å². The molecular formula is C18H22ClNO3S. The van der Waals surface area contributed by atoms with E-state index in [1.165, 1.54) is 0 Å². The lowest BCUT2D eigenvalue weighted by Crippen LogP contribution is -2.24. The summed E-state index contributed by atoms with van der Waals surface area (Å²) in [7, 11) is 0. The maximum Gasteiger partial charge on any atom is 0.287 e. The number of rotatable bonds is 7. The topological polar surface area (TPSA) is 51.5 Å². The number of benzene rings is 1. The molecule has 0 radical (unpaired) electrons. The SMILES string of the molecule is Cc1cc(OCc2ccc(C(=O)NCCS)o2)c(C(C)C)cc1Cl. The van der Waals surface area contributed by atoms with Crippen molar-refractivity contribution in [3.8, 4) is 5.75 Å². The van der Waals surface area contributed by atoms with Gasteiger partial charge in [-0.15, -0.1) is 0 Å². The van der Waals surface area contributed by atoms with E-state index in [0.29, 0.717) is 18.1 Å². The Morgan fingerprint density at radius 2 is 2.12 bits per heavy atom. The molecule has 0 aliphatic heterocycles. The predicted molar refractivity (Wildman–Crippen MR) is 99.5 cm³/mol. The van der Waals surface area contributed by atoms with Crippen molar-refractivity contribution in [2.24, 2.45) is 0 Å². The lowest BCUT2D eigenvalue weighted by atomic mass is 10.0. The number of halogens is 1. The van der Waals surface area contributed by atoms with Crippen molar-refractivity contribution in [1.82, 2.24) is 5.32 Å². The molecule has 1 heterocycles.